The first kappa shape index (κ1) is 13.4. The van der Waals surface area contributed by atoms with Gasteiger partial charge in [0, 0.05) is 17.4 Å². The molecule has 0 bridgehead atoms. The second-order valence-corrected chi connectivity index (χ2v) is 6.57. The van der Waals surface area contributed by atoms with Gasteiger partial charge in [-0.05, 0) is 46.5 Å². The molecule has 1 aromatic carbocycles. The van der Waals surface area contributed by atoms with Crippen LogP contribution in [0.2, 0.25) is 0 Å². The van der Waals surface area contributed by atoms with Crippen molar-refractivity contribution in [2.45, 2.75) is 24.7 Å². The van der Waals surface area contributed by atoms with Crippen molar-refractivity contribution in [3.05, 3.63) is 28.2 Å². The van der Waals surface area contributed by atoms with Crippen LogP contribution in [0.3, 0.4) is 0 Å². The van der Waals surface area contributed by atoms with E-state index in [1.54, 1.807) is 7.11 Å². The zero-order chi connectivity index (χ0) is 13.5. The smallest absolute Gasteiger partial charge is 0.133 e. The van der Waals surface area contributed by atoms with E-state index in [0.29, 0.717) is 13.2 Å². The van der Waals surface area contributed by atoms with Gasteiger partial charge in [-0.25, -0.2) is 0 Å². The van der Waals surface area contributed by atoms with Crippen molar-refractivity contribution in [3.63, 3.8) is 0 Å². The highest BCUT2D eigenvalue weighted by molar-refractivity contribution is 9.10. The third kappa shape index (κ3) is 1.77. The molecule has 1 aliphatic heterocycles. The van der Waals surface area contributed by atoms with E-state index >= 15 is 0 Å². The topological polar surface area (TPSA) is 38.7 Å². The Labute approximate surface area is 122 Å². The molecule has 2 fully saturated rings. The van der Waals surface area contributed by atoms with Crippen molar-refractivity contribution in [3.8, 4) is 5.75 Å². The van der Waals surface area contributed by atoms with Crippen LogP contribution >= 0.6 is 15.9 Å². The summed E-state index contributed by atoms with van der Waals surface area (Å²) in [5.74, 6) is 0.839. The summed E-state index contributed by atoms with van der Waals surface area (Å²) < 4.78 is 11.8. The van der Waals surface area contributed by atoms with Crippen molar-refractivity contribution in [2.75, 3.05) is 26.9 Å². The standard InChI is InChI=1S/C15H19BrO3/c1-18-13-4-3-11(7-12(13)16)15(9-19-10-15)14(8-17)5-2-6-14/h3-4,7,17H,2,5-6,8-10H2,1H3. The largest absolute Gasteiger partial charge is 0.496 e. The fourth-order valence-electron chi connectivity index (χ4n) is 3.44. The first-order valence-corrected chi connectivity index (χ1v) is 7.49. The number of aliphatic hydroxyl groups is 1. The van der Waals surface area contributed by atoms with Gasteiger partial charge in [0.15, 0.2) is 0 Å². The highest BCUT2D eigenvalue weighted by Gasteiger charge is 2.59. The zero-order valence-corrected chi connectivity index (χ0v) is 12.7. The van der Waals surface area contributed by atoms with Crippen LogP contribution in [-0.4, -0.2) is 32.0 Å². The van der Waals surface area contributed by atoms with Gasteiger partial charge >= 0.3 is 0 Å². The van der Waals surface area contributed by atoms with Gasteiger partial charge in [0.05, 0.1) is 24.8 Å². The highest BCUT2D eigenvalue weighted by Crippen LogP contribution is 2.58. The predicted molar refractivity (Wildman–Crippen MR) is 76.6 cm³/mol. The first-order chi connectivity index (χ1) is 9.17. The van der Waals surface area contributed by atoms with Crippen LogP contribution in [0.25, 0.3) is 0 Å². The third-order valence-electron chi connectivity index (χ3n) is 5.03. The second-order valence-electron chi connectivity index (χ2n) is 5.72. The van der Waals surface area contributed by atoms with E-state index in [1.165, 1.54) is 12.0 Å². The van der Waals surface area contributed by atoms with Gasteiger partial charge in [-0.2, -0.15) is 0 Å². The minimum atomic E-state index is -0.0191. The minimum Gasteiger partial charge on any atom is -0.496 e. The van der Waals surface area contributed by atoms with E-state index in [2.05, 4.69) is 28.1 Å². The van der Waals surface area contributed by atoms with Crippen molar-refractivity contribution in [1.82, 2.24) is 0 Å². The first-order valence-electron chi connectivity index (χ1n) is 6.70. The molecular weight excluding hydrogens is 308 g/mol. The summed E-state index contributed by atoms with van der Waals surface area (Å²) in [6, 6.07) is 6.22. The van der Waals surface area contributed by atoms with E-state index in [-0.39, 0.29) is 17.4 Å². The van der Waals surface area contributed by atoms with Gasteiger partial charge in [-0.15, -0.1) is 0 Å². The molecule has 1 saturated heterocycles. The van der Waals surface area contributed by atoms with Crippen LogP contribution in [0.4, 0.5) is 0 Å². The molecule has 1 N–H and O–H groups in total. The molecule has 1 heterocycles. The van der Waals surface area contributed by atoms with Crippen LogP contribution in [0.1, 0.15) is 24.8 Å². The maximum absolute atomic E-state index is 9.88. The summed E-state index contributed by atoms with van der Waals surface area (Å²) in [5.41, 5.74) is 1.24. The Morgan fingerprint density at radius 3 is 2.47 bits per heavy atom. The Kier molecular flexibility index (Phi) is 3.36. The number of rotatable bonds is 4. The summed E-state index contributed by atoms with van der Waals surface area (Å²) in [5, 5.41) is 9.88. The van der Waals surface area contributed by atoms with Gasteiger partial charge in [0.1, 0.15) is 5.75 Å². The number of aliphatic hydroxyl groups excluding tert-OH is 1. The second kappa shape index (κ2) is 4.76. The van der Waals surface area contributed by atoms with Crippen molar-refractivity contribution < 1.29 is 14.6 Å². The summed E-state index contributed by atoms with van der Waals surface area (Å²) in [6.45, 7) is 1.68. The van der Waals surface area contributed by atoms with Gasteiger partial charge in [-0.1, -0.05) is 12.5 Å². The van der Waals surface area contributed by atoms with E-state index in [1.807, 2.05) is 6.07 Å². The van der Waals surface area contributed by atoms with Crippen LogP contribution < -0.4 is 4.74 Å². The van der Waals surface area contributed by atoms with E-state index < -0.39 is 0 Å². The molecule has 3 nitrogen and oxygen atoms in total. The van der Waals surface area contributed by atoms with Crippen molar-refractivity contribution >= 4 is 15.9 Å². The molecular formula is C15H19BrO3. The maximum atomic E-state index is 9.88. The van der Waals surface area contributed by atoms with Crippen molar-refractivity contribution in [2.24, 2.45) is 5.41 Å². The molecule has 4 heteroatoms. The fourth-order valence-corrected chi connectivity index (χ4v) is 3.98. The molecule has 1 aliphatic carbocycles. The Bertz CT molecular complexity index is 473. The van der Waals surface area contributed by atoms with Crippen LogP contribution in [0.15, 0.2) is 22.7 Å². The summed E-state index contributed by atoms with van der Waals surface area (Å²) in [7, 11) is 1.67. The van der Waals surface area contributed by atoms with E-state index in [4.69, 9.17) is 9.47 Å². The Morgan fingerprint density at radius 1 is 1.37 bits per heavy atom. The van der Waals surface area contributed by atoms with Crippen molar-refractivity contribution in [1.29, 1.82) is 0 Å². The third-order valence-corrected chi connectivity index (χ3v) is 5.65. The molecule has 1 saturated carbocycles. The summed E-state index contributed by atoms with van der Waals surface area (Å²) in [4.78, 5) is 0. The number of halogens is 1. The lowest BCUT2D eigenvalue weighted by atomic mass is 9.50. The van der Waals surface area contributed by atoms with Crippen LogP contribution in [-0.2, 0) is 10.2 Å². The monoisotopic (exact) mass is 326 g/mol. The van der Waals surface area contributed by atoms with Gasteiger partial charge < -0.3 is 14.6 Å². The SMILES string of the molecule is COc1ccc(C2(C3(CO)CCC3)COC2)cc1Br. The number of ether oxygens (including phenoxy) is 2. The highest BCUT2D eigenvalue weighted by atomic mass is 79.9. The minimum absolute atomic E-state index is 0.0132. The van der Waals surface area contributed by atoms with E-state index in [0.717, 1.165) is 23.1 Å². The molecule has 0 atom stereocenters. The lowest BCUT2D eigenvalue weighted by Gasteiger charge is -2.59. The molecule has 3 rings (SSSR count). The average molecular weight is 327 g/mol. The lowest BCUT2D eigenvalue weighted by molar-refractivity contribution is -0.173. The van der Waals surface area contributed by atoms with E-state index in [9.17, 15) is 5.11 Å². The quantitative estimate of drug-likeness (QED) is 0.924. The molecule has 0 unspecified atom stereocenters. The fraction of sp³-hybridized carbons (Fsp3) is 0.600. The number of hydrogen-bond donors (Lipinski definition) is 1. The Morgan fingerprint density at radius 2 is 2.11 bits per heavy atom. The Balaban J connectivity index is 2.00. The molecule has 2 aliphatic rings. The molecule has 0 radical (unpaired) electrons. The molecule has 1 aromatic rings. The zero-order valence-electron chi connectivity index (χ0n) is 11.1. The predicted octanol–water partition coefficient (Wildman–Crippen LogP) is 2.89. The van der Waals surface area contributed by atoms with Gasteiger partial charge in [0.25, 0.3) is 0 Å². The average Bonchev–Trinajstić information content (AvgIpc) is 2.31. The van der Waals surface area contributed by atoms with Crippen LogP contribution in [0, 0.1) is 5.41 Å². The van der Waals surface area contributed by atoms with Crippen LogP contribution in [0.5, 0.6) is 5.75 Å². The van der Waals surface area contributed by atoms with Gasteiger partial charge in [0.2, 0.25) is 0 Å². The molecule has 104 valence electrons. The Hall–Kier alpha value is -0.580. The number of hydrogen-bond acceptors (Lipinski definition) is 3. The number of methoxy groups -OCH3 is 1. The molecule has 0 spiro atoms. The summed E-state index contributed by atoms with van der Waals surface area (Å²) >= 11 is 3.55. The molecule has 0 amide bonds. The lowest BCUT2D eigenvalue weighted by Crippen LogP contribution is -2.63. The normalized spacial score (nSPS) is 23.3. The molecule has 0 aromatic heterocycles. The number of benzene rings is 1. The van der Waals surface area contributed by atoms with Gasteiger partial charge in [-0.3, -0.25) is 0 Å². The maximum Gasteiger partial charge on any atom is 0.133 e. The summed E-state index contributed by atoms with van der Waals surface area (Å²) in [6.07, 6.45) is 3.40. The molecule has 19 heavy (non-hydrogen) atoms.